The molecule has 0 unspecified atom stereocenters. The van der Waals surface area contributed by atoms with Crippen molar-refractivity contribution in [3.05, 3.63) is 60.7 Å². The number of rotatable bonds is 8. The number of hydrogen-bond donors (Lipinski definition) is 1. The van der Waals surface area contributed by atoms with Crippen LogP contribution in [0.1, 0.15) is 0 Å². The molecular weight excluding hydrogens is 274 g/mol. The standard InChI is InChI=1S/C16H19NO2.ClH/c1-3-7-15(8-4-1)18-13-11-17-12-14-19-16-9-5-2-6-10-16;/h1-10,17H,11-14H2;1H. The number of halogens is 1. The molecule has 0 aromatic heterocycles. The van der Waals surface area contributed by atoms with Gasteiger partial charge in [0.25, 0.3) is 0 Å². The highest BCUT2D eigenvalue weighted by Crippen LogP contribution is 2.08. The van der Waals surface area contributed by atoms with E-state index in [0.717, 1.165) is 24.6 Å². The van der Waals surface area contributed by atoms with Crippen molar-refractivity contribution in [2.75, 3.05) is 26.3 Å². The van der Waals surface area contributed by atoms with E-state index in [0.29, 0.717) is 13.2 Å². The van der Waals surface area contributed by atoms with E-state index in [1.807, 2.05) is 60.7 Å². The molecule has 0 fully saturated rings. The van der Waals surface area contributed by atoms with Crippen LogP contribution in [0.25, 0.3) is 0 Å². The van der Waals surface area contributed by atoms with Crippen LogP contribution < -0.4 is 14.8 Å². The molecule has 2 rings (SSSR count). The molecule has 2 aromatic carbocycles. The Morgan fingerprint density at radius 1 is 0.650 bits per heavy atom. The van der Waals surface area contributed by atoms with Gasteiger partial charge < -0.3 is 14.8 Å². The Hall–Kier alpha value is -1.71. The van der Waals surface area contributed by atoms with Crippen molar-refractivity contribution in [1.29, 1.82) is 0 Å². The van der Waals surface area contributed by atoms with Gasteiger partial charge in [-0.2, -0.15) is 0 Å². The lowest BCUT2D eigenvalue weighted by atomic mass is 10.3. The third-order valence-electron chi connectivity index (χ3n) is 2.58. The van der Waals surface area contributed by atoms with Gasteiger partial charge in [-0.1, -0.05) is 36.4 Å². The average Bonchev–Trinajstić information content (AvgIpc) is 2.48. The minimum Gasteiger partial charge on any atom is -0.492 e. The van der Waals surface area contributed by atoms with Crippen molar-refractivity contribution in [3.8, 4) is 11.5 Å². The molecule has 20 heavy (non-hydrogen) atoms. The molecule has 108 valence electrons. The van der Waals surface area contributed by atoms with Crippen LogP contribution in [0.3, 0.4) is 0 Å². The molecular formula is C16H20ClNO2. The van der Waals surface area contributed by atoms with Gasteiger partial charge in [-0.15, -0.1) is 12.4 Å². The van der Waals surface area contributed by atoms with E-state index in [2.05, 4.69) is 5.32 Å². The van der Waals surface area contributed by atoms with Gasteiger partial charge in [0.2, 0.25) is 0 Å². The van der Waals surface area contributed by atoms with E-state index in [-0.39, 0.29) is 12.4 Å². The topological polar surface area (TPSA) is 30.5 Å². The number of ether oxygens (including phenoxy) is 2. The van der Waals surface area contributed by atoms with Gasteiger partial charge in [0.1, 0.15) is 24.7 Å². The minimum absolute atomic E-state index is 0. The first kappa shape index (κ1) is 16.3. The summed E-state index contributed by atoms with van der Waals surface area (Å²) in [4.78, 5) is 0. The summed E-state index contributed by atoms with van der Waals surface area (Å²) in [6.07, 6.45) is 0. The molecule has 0 heterocycles. The van der Waals surface area contributed by atoms with E-state index in [1.165, 1.54) is 0 Å². The zero-order valence-corrected chi connectivity index (χ0v) is 12.1. The van der Waals surface area contributed by atoms with Gasteiger partial charge in [-0.25, -0.2) is 0 Å². The SMILES string of the molecule is Cl.c1ccc(OCCNCCOc2ccccc2)cc1. The van der Waals surface area contributed by atoms with E-state index >= 15 is 0 Å². The predicted molar refractivity (Wildman–Crippen MR) is 84.0 cm³/mol. The zero-order chi connectivity index (χ0) is 13.2. The predicted octanol–water partition coefficient (Wildman–Crippen LogP) is 3.16. The maximum absolute atomic E-state index is 5.57. The van der Waals surface area contributed by atoms with Gasteiger partial charge in [0, 0.05) is 13.1 Å². The Morgan fingerprint density at radius 3 is 1.45 bits per heavy atom. The summed E-state index contributed by atoms with van der Waals surface area (Å²) >= 11 is 0. The molecule has 0 saturated carbocycles. The van der Waals surface area contributed by atoms with Crippen molar-refractivity contribution >= 4 is 12.4 Å². The molecule has 1 N–H and O–H groups in total. The van der Waals surface area contributed by atoms with Crippen molar-refractivity contribution in [1.82, 2.24) is 5.32 Å². The fourth-order valence-electron chi connectivity index (χ4n) is 1.64. The zero-order valence-electron chi connectivity index (χ0n) is 11.3. The summed E-state index contributed by atoms with van der Waals surface area (Å²) in [7, 11) is 0. The van der Waals surface area contributed by atoms with E-state index in [4.69, 9.17) is 9.47 Å². The Bertz CT molecular complexity index is 407. The second kappa shape index (κ2) is 10.1. The third-order valence-corrected chi connectivity index (χ3v) is 2.58. The fraction of sp³-hybridized carbons (Fsp3) is 0.250. The average molecular weight is 294 g/mol. The van der Waals surface area contributed by atoms with Gasteiger partial charge >= 0.3 is 0 Å². The van der Waals surface area contributed by atoms with Crippen LogP contribution in [0.2, 0.25) is 0 Å². The second-order valence-corrected chi connectivity index (χ2v) is 4.07. The summed E-state index contributed by atoms with van der Waals surface area (Å²) in [5.74, 6) is 1.81. The van der Waals surface area contributed by atoms with E-state index in [9.17, 15) is 0 Å². The quantitative estimate of drug-likeness (QED) is 0.759. The molecule has 0 aliphatic carbocycles. The van der Waals surface area contributed by atoms with Crippen molar-refractivity contribution in [2.24, 2.45) is 0 Å². The Kier molecular flexibility index (Phi) is 8.27. The first-order valence-electron chi connectivity index (χ1n) is 6.51. The molecule has 3 nitrogen and oxygen atoms in total. The van der Waals surface area contributed by atoms with Crippen molar-refractivity contribution in [3.63, 3.8) is 0 Å². The Balaban J connectivity index is 0.00000200. The fourth-order valence-corrected chi connectivity index (χ4v) is 1.64. The normalized spacial score (nSPS) is 9.60. The first-order valence-corrected chi connectivity index (χ1v) is 6.51. The summed E-state index contributed by atoms with van der Waals surface area (Å²) < 4.78 is 11.1. The Morgan fingerprint density at radius 2 is 1.05 bits per heavy atom. The molecule has 0 atom stereocenters. The summed E-state index contributed by atoms with van der Waals surface area (Å²) in [5.41, 5.74) is 0. The summed E-state index contributed by atoms with van der Waals surface area (Å²) in [5, 5.41) is 3.28. The lowest BCUT2D eigenvalue weighted by Crippen LogP contribution is -2.25. The molecule has 0 radical (unpaired) electrons. The largest absolute Gasteiger partial charge is 0.492 e. The van der Waals surface area contributed by atoms with Crippen LogP contribution in [0.5, 0.6) is 11.5 Å². The second-order valence-electron chi connectivity index (χ2n) is 4.07. The number of benzene rings is 2. The molecule has 0 spiro atoms. The monoisotopic (exact) mass is 293 g/mol. The van der Waals surface area contributed by atoms with Gasteiger partial charge in [-0.3, -0.25) is 0 Å². The molecule has 0 bridgehead atoms. The number of hydrogen-bond acceptors (Lipinski definition) is 3. The Labute approximate surface area is 126 Å². The highest BCUT2D eigenvalue weighted by molar-refractivity contribution is 5.85. The molecule has 0 aliphatic heterocycles. The number of para-hydroxylation sites is 2. The summed E-state index contributed by atoms with van der Waals surface area (Å²) in [6.45, 7) is 2.95. The molecule has 2 aromatic rings. The molecule has 4 heteroatoms. The van der Waals surface area contributed by atoms with E-state index < -0.39 is 0 Å². The van der Waals surface area contributed by atoms with E-state index in [1.54, 1.807) is 0 Å². The molecule has 0 amide bonds. The van der Waals surface area contributed by atoms with Crippen LogP contribution in [-0.2, 0) is 0 Å². The molecule has 0 saturated heterocycles. The smallest absolute Gasteiger partial charge is 0.119 e. The lowest BCUT2D eigenvalue weighted by Gasteiger charge is -2.08. The number of nitrogens with one attached hydrogen (secondary N) is 1. The van der Waals surface area contributed by atoms with Gasteiger partial charge in [0.15, 0.2) is 0 Å². The van der Waals surface area contributed by atoms with Crippen molar-refractivity contribution < 1.29 is 9.47 Å². The van der Waals surface area contributed by atoms with Crippen LogP contribution in [-0.4, -0.2) is 26.3 Å². The highest BCUT2D eigenvalue weighted by Gasteiger charge is 1.93. The lowest BCUT2D eigenvalue weighted by molar-refractivity contribution is 0.289. The third kappa shape index (κ3) is 6.45. The highest BCUT2D eigenvalue weighted by atomic mass is 35.5. The maximum atomic E-state index is 5.57. The minimum atomic E-state index is 0. The van der Waals surface area contributed by atoms with Crippen molar-refractivity contribution in [2.45, 2.75) is 0 Å². The maximum Gasteiger partial charge on any atom is 0.119 e. The van der Waals surface area contributed by atoms with Gasteiger partial charge in [0.05, 0.1) is 0 Å². The van der Waals surface area contributed by atoms with Crippen LogP contribution in [0.4, 0.5) is 0 Å². The summed E-state index contributed by atoms with van der Waals surface area (Å²) in [6, 6.07) is 19.7. The molecule has 0 aliphatic rings. The van der Waals surface area contributed by atoms with Crippen LogP contribution >= 0.6 is 12.4 Å². The van der Waals surface area contributed by atoms with Crippen LogP contribution in [0, 0.1) is 0 Å². The van der Waals surface area contributed by atoms with Crippen LogP contribution in [0.15, 0.2) is 60.7 Å². The first-order chi connectivity index (χ1) is 9.45. The van der Waals surface area contributed by atoms with Gasteiger partial charge in [-0.05, 0) is 24.3 Å².